The number of benzene rings is 2. The molecule has 0 saturated carbocycles. The molecular formula is C18H17N3O2S. The Bertz CT molecular complexity index is 909. The SMILES string of the molecule is CC(C)n1c(-c2ccc([N+](=O)[O-])cc2)csc1=Nc1ccccc1. The van der Waals surface area contributed by atoms with E-state index in [1.54, 1.807) is 23.5 Å². The molecule has 0 radical (unpaired) electrons. The molecule has 0 amide bonds. The zero-order valence-corrected chi connectivity index (χ0v) is 14.2. The first-order valence-electron chi connectivity index (χ1n) is 7.61. The minimum atomic E-state index is -0.385. The molecule has 0 aliphatic rings. The number of aromatic nitrogens is 1. The van der Waals surface area contributed by atoms with Gasteiger partial charge in [0.05, 0.1) is 16.3 Å². The van der Waals surface area contributed by atoms with Crippen LogP contribution in [0.4, 0.5) is 11.4 Å². The maximum atomic E-state index is 10.8. The molecule has 1 aromatic heterocycles. The molecule has 0 fully saturated rings. The van der Waals surface area contributed by atoms with Gasteiger partial charge in [0.2, 0.25) is 0 Å². The third-order valence-electron chi connectivity index (χ3n) is 3.61. The number of thiazole rings is 1. The van der Waals surface area contributed by atoms with E-state index in [0.29, 0.717) is 0 Å². The molecule has 1 heterocycles. The zero-order chi connectivity index (χ0) is 17.1. The Morgan fingerprint density at radius 3 is 2.33 bits per heavy atom. The highest BCUT2D eigenvalue weighted by molar-refractivity contribution is 7.07. The van der Waals surface area contributed by atoms with Gasteiger partial charge in [0.25, 0.3) is 5.69 Å². The number of nitrogens with zero attached hydrogens (tertiary/aromatic N) is 3. The van der Waals surface area contributed by atoms with Crippen molar-refractivity contribution in [1.29, 1.82) is 0 Å². The summed E-state index contributed by atoms with van der Waals surface area (Å²) in [5.41, 5.74) is 2.96. The summed E-state index contributed by atoms with van der Waals surface area (Å²) in [7, 11) is 0. The van der Waals surface area contributed by atoms with Crippen molar-refractivity contribution in [2.45, 2.75) is 19.9 Å². The Kier molecular flexibility index (Phi) is 4.57. The summed E-state index contributed by atoms with van der Waals surface area (Å²) in [5, 5.41) is 12.9. The van der Waals surface area contributed by atoms with Crippen LogP contribution in [0, 0.1) is 10.1 Å². The Labute approximate surface area is 143 Å². The van der Waals surface area contributed by atoms with E-state index in [-0.39, 0.29) is 16.7 Å². The van der Waals surface area contributed by atoms with Gasteiger partial charge in [-0.15, -0.1) is 11.3 Å². The highest BCUT2D eigenvalue weighted by Gasteiger charge is 2.12. The standard InChI is InChI=1S/C18H17N3O2S/c1-13(2)20-17(14-8-10-16(11-9-14)21(22)23)12-24-18(20)19-15-6-4-3-5-7-15/h3-13H,1-2H3. The number of nitro benzene ring substituents is 1. The first kappa shape index (κ1) is 16.1. The molecule has 0 atom stereocenters. The van der Waals surface area contributed by atoms with Crippen LogP contribution in [0.2, 0.25) is 0 Å². The van der Waals surface area contributed by atoms with Gasteiger partial charge in [0.1, 0.15) is 0 Å². The zero-order valence-electron chi connectivity index (χ0n) is 13.4. The number of rotatable bonds is 4. The Hall–Kier alpha value is -2.73. The lowest BCUT2D eigenvalue weighted by Crippen LogP contribution is -2.17. The molecule has 122 valence electrons. The summed E-state index contributed by atoms with van der Waals surface area (Å²) >= 11 is 1.57. The molecular weight excluding hydrogens is 322 g/mol. The number of hydrogen-bond acceptors (Lipinski definition) is 4. The van der Waals surface area contributed by atoms with Crippen LogP contribution < -0.4 is 4.80 Å². The molecule has 0 aliphatic heterocycles. The lowest BCUT2D eigenvalue weighted by molar-refractivity contribution is -0.384. The summed E-state index contributed by atoms with van der Waals surface area (Å²) in [5.74, 6) is 0. The van der Waals surface area contributed by atoms with E-state index in [2.05, 4.69) is 18.4 Å². The molecule has 0 bridgehead atoms. The quantitative estimate of drug-likeness (QED) is 0.499. The van der Waals surface area contributed by atoms with Crippen LogP contribution in [0.5, 0.6) is 0 Å². The second kappa shape index (κ2) is 6.80. The van der Waals surface area contributed by atoms with E-state index < -0.39 is 0 Å². The van der Waals surface area contributed by atoms with Crippen molar-refractivity contribution in [3.8, 4) is 11.3 Å². The van der Waals surface area contributed by atoms with Crippen molar-refractivity contribution in [1.82, 2.24) is 4.57 Å². The van der Waals surface area contributed by atoms with E-state index in [1.807, 2.05) is 35.7 Å². The van der Waals surface area contributed by atoms with Crippen molar-refractivity contribution < 1.29 is 4.92 Å². The molecule has 5 nitrogen and oxygen atoms in total. The summed E-state index contributed by atoms with van der Waals surface area (Å²) in [6, 6.07) is 16.7. The maximum absolute atomic E-state index is 10.8. The molecule has 24 heavy (non-hydrogen) atoms. The molecule has 6 heteroatoms. The van der Waals surface area contributed by atoms with Crippen molar-refractivity contribution >= 4 is 22.7 Å². The van der Waals surface area contributed by atoms with Crippen molar-refractivity contribution in [2.24, 2.45) is 4.99 Å². The van der Waals surface area contributed by atoms with Gasteiger partial charge in [-0.2, -0.15) is 0 Å². The van der Waals surface area contributed by atoms with Gasteiger partial charge in [-0.05, 0) is 43.7 Å². The van der Waals surface area contributed by atoms with E-state index >= 15 is 0 Å². The fourth-order valence-electron chi connectivity index (χ4n) is 2.48. The second-order valence-electron chi connectivity index (χ2n) is 5.62. The smallest absolute Gasteiger partial charge is 0.269 e. The van der Waals surface area contributed by atoms with Crippen molar-refractivity contribution in [3.05, 3.63) is 74.9 Å². The van der Waals surface area contributed by atoms with Crippen LogP contribution >= 0.6 is 11.3 Å². The molecule has 0 spiro atoms. The monoisotopic (exact) mass is 339 g/mol. The van der Waals surface area contributed by atoms with Gasteiger partial charge >= 0.3 is 0 Å². The topological polar surface area (TPSA) is 60.4 Å². The summed E-state index contributed by atoms with van der Waals surface area (Å²) < 4.78 is 2.15. The molecule has 0 N–H and O–H groups in total. The predicted octanol–water partition coefficient (Wildman–Crippen LogP) is 4.94. The van der Waals surface area contributed by atoms with Gasteiger partial charge in [-0.1, -0.05) is 18.2 Å². The molecule has 0 saturated heterocycles. The second-order valence-corrected chi connectivity index (χ2v) is 6.46. The van der Waals surface area contributed by atoms with E-state index in [4.69, 9.17) is 4.99 Å². The molecule has 2 aromatic carbocycles. The summed E-state index contributed by atoms with van der Waals surface area (Å²) in [4.78, 5) is 16.1. The van der Waals surface area contributed by atoms with Crippen LogP contribution in [0.1, 0.15) is 19.9 Å². The number of hydrogen-bond donors (Lipinski definition) is 0. The molecule has 0 aliphatic carbocycles. The van der Waals surface area contributed by atoms with Gasteiger partial charge in [0.15, 0.2) is 4.80 Å². The lowest BCUT2D eigenvalue weighted by atomic mass is 10.1. The van der Waals surface area contributed by atoms with Crippen molar-refractivity contribution in [3.63, 3.8) is 0 Å². The Balaban J connectivity index is 2.10. The largest absolute Gasteiger partial charge is 0.314 e. The lowest BCUT2D eigenvalue weighted by Gasteiger charge is -2.12. The maximum Gasteiger partial charge on any atom is 0.269 e. The Morgan fingerprint density at radius 1 is 1.08 bits per heavy atom. The third-order valence-corrected chi connectivity index (χ3v) is 4.45. The third kappa shape index (κ3) is 3.28. The van der Waals surface area contributed by atoms with E-state index in [0.717, 1.165) is 21.7 Å². The van der Waals surface area contributed by atoms with Crippen LogP contribution in [-0.4, -0.2) is 9.49 Å². The summed E-state index contributed by atoms with van der Waals surface area (Å²) in [6.45, 7) is 4.21. The average Bonchev–Trinajstić information content (AvgIpc) is 2.99. The summed E-state index contributed by atoms with van der Waals surface area (Å²) in [6.07, 6.45) is 0. The highest BCUT2D eigenvalue weighted by Crippen LogP contribution is 2.25. The molecule has 3 aromatic rings. The average molecular weight is 339 g/mol. The van der Waals surface area contributed by atoms with Gasteiger partial charge < -0.3 is 4.57 Å². The normalized spacial score (nSPS) is 11.9. The van der Waals surface area contributed by atoms with Crippen LogP contribution in [0.15, 0.2) is 65.0 Å². The molecule has 3 rings (SSSR count). The fourth-order valence-corrected chi connectivity index (χ4v) is 3.53. The number of para-hydroxylation sites is 1. The minimum absolute atomic E-state index is 0.0965. The minimum Gasteiger partial charge on any atom is -0.314 e. The van der Waals surface area contributed by atoms with E-state index in [1.165, 1.54) is 12.1 Å². The number of non-ortho nitro benzene ring substituents is 1. The first-order chi connectivity index (χ1) is 11.6. The molecule has 0 unspecified atom stereocenters. The van der Waals surface area contributed by atoms with Gasteiger partial charge in [-0.25, -0.2) is 4.99 Å². The fraction of sp³-hybridized carbons (Fsp3) is 0.167. The first-order valence-corrected chi connectivity index (χ1v) is 8.49. The van der Waals surface area contributed by atoms with Crippen molar-refractivity contribution in [2.75, 3.05) is 0 Å². The van der Waals surface area contributed by atoms with E-state index in [9.17, 15) is 10.1 Å². The van der Waals surface area contributed by atoms with Crippen LogP contribution in [0.25, 0.3) is 11.3 Å². The van der Waals surface area contributed by atoms with Crippen LogP contribution in [-0.2, 0) is 0 Å². The Morgan fingerprint density at radius 2 is 1.75 bits per heavy atom. The number of nitro groups is 1. The van der Waals surface area contributed by atoms with Crippen LogP contribution in [0.3, 0.4) is 0 Å². The highest BCUT2D eigenvalue weighted by atomic mass is 32.1. The predicted molar refractivity (Wildman–Crippen MR) is 96.4 cm³/mol. The van der Waals surface area contributed by atoms with Gasteiger partial charge in [0, 0.05) is 23.6 Å². The van der Waals surface area contributed by atoms with Gasteiger partial charge in [-0.3, -0.25) is 10.1 Å².